The zero-order valence-electron chi connectivity index (χ0n) is 17.1. The Morgan fingerprint density at radius 3 is 2.70 bits per heavy atom. The maximum atomic E-state index is 13.0. The first kappa shape index (κ1) is 19.8. The summed E-state index contributed by atoms with van der Waals surface area (Å²) in [6, 6.07) is 17.3. The Hall–Kier alpha value is -3.54. The fourth-order valence-corrected chi connectivity index (χ4v) is 3.78. The standard InChI is InChI=1S/C24H24N2O4/c1-25(13-11-17-7-4-6-10-21(17)29-2)24(28)23-19(12-14-30-23)16-26-20-9-5-3-8-18(20)15-22(26)27/h3-10,12,14H,11,13,15-16H2,1-2H3. The van der Waals surface area contributed by atoms with Crippen LogP contribution in [0.4, 0.5) is 5.69 Å². The van der Waals surface area contributed by atoms with Crippen LogP contribution < -0.4 is 9.64 Å². The van der Waals surface area contributed by atoms with E-state index in [1.165, 1.54) is 6.26 Å². The van der Waals surface area contributed by atoms with E-state index >= 15 is 0 Å². The van der Waals surface area contributed by atoms with Gasteiger partial charge in [0, 0.05) is 24.8 Å². The average Bonchev–Trinajstić information content (AvgIpc) is 3.36. The van der Waals surface area contributed by atoms with E-state index in [4.69, 9.17) is 9.15 Å². The van der Waals surface area contributed by atoms with Crippen LogP contribution in [0.5, 0.6) is 5.75 Å². The number of furan rings is 1. The molecule has 2 heterocycles. The van der Waals surface area contributed by atoms with Gasteiger partial charge >= 0.3 is 0 Å². The van der Waals surface area contributed by atoms with Gasteiger partial charge in [0.15, 0.2) is 5.76 Å². The van der Waals surface area contributed by atoms with E-state index in [2.05, 4.69) is 0 Å². The van der Waals surface area contributed by atoms with Gasteiger partial charge < -0.3 is 19.0 Å². The normalized spacial score (nSPS) is 12.7. The SMILES string of the molecule is COc1ccccc1CCN(C)C(=O)c1occc1CN1C(=O)Cc2ccccc21. The van der Waals surface area contributed by atoms with Crippen LogP contribution in [0.1, 0.15) is 27.2 Å². The van der Waals surface area contributed by atoms with Gasteiger partial charge in [-0.3, -0.25) is 9.59 Å². The quantitative estimate of drug-likeness (QED) is 0.603. The zero-order valence-corrected chi connectivity index (χ0v) is 17.1. The zero-order chi connectivity index (χ0) is 21.1. The van der Waals surface area contributed by atoms with Crippen LogP contribution in [0.3, 0.4) is 0 Å². The molecule has 1 aliphatic heterocycles. The molecule has 4 rings (SSSR count). The number of fused-ring (bicyclic) bond motifs is 1. The van der Waals surface area contributed by atoms with Gasteiger partial charge in [-0.1, -0.05) is 36.4 Å². The highest BCUT2D eigenvalue weighted by Gasteiger charge is 2.29. The number of carbonyl (C=O) groups is 2. The molecule has 3 aromatic rings. The lowest BCUT2D eigenvalue weighted by atomic mass is 10.1. The van der Waals surface area contributed by atoms with Crippen LogP contribution in [-0.4, -0.2) is 37.4 Å². The molecular weight excluding hydrogens is 380 g/mol. The van der Waals surface area contributed by atoms with Crippen molar-refractivity contribution in [1.82, 2.24) is 4.90 Å². The molecule has 0 saturated heterocycles. The molecule has 6 heteroatoms. The van der Waals surface area contributed by atoms with E-state index in [0.29, 0.717) is 31.5 Å². The second-order valence-corrected chi connectivity index (χ2v) is 7.35. The average molecular weight is 404 g/mol. The molecule has 0 atom stereocenters. The smallest absolute Gasteiger partial charge is 0.289 e. The van der Waals surface area contributed by atoms with Crippen LogP contribution >= 0.6 is 0 Å². The Morgan fingerprint density at radius 2 is 1.87 bits per heavy atom. The van der Waals surface area contributed by atoms with E-state index < -0.39 is 0 Å². The predicted molar refractivity (Wildman–Crippen MR) is 114 cm³/mol. The number of carbonyl (C=O) groups excluding carboxylic acids is 2. The third-order valence-corrected chi connectivity index (χ3v) is 5.45. The number of benzene rings is 2. The minimum Gasteiger partial charge on any atom is -0.496 e. The summed E-state index contributed by atoms with van der Waals surface area (Å²) in [5.74, 6) is 0.906. The summed E-state index contributed by atoms with van der Waals surface area (Å²) in [4.78, 5) is 28.8. The molecule has 0 saturated carbocycles. The van der Waals surface area contributed by atoms with Gasteiger partial charge in [-0.15, -0.1) is 0 Å². The molecule has 2 amide bonds. The minimum absolute atomic E-state index is 0.0281. The van der Waals surface area contributed by atoms with Gasteiger partial charge in [-0.25, -0.2) is 0 Å². The van der Waals surface area contributed by atoms with Gasteiger partial charge in [0.05, 0.1) is 26.3 Å². The van der Waals surface area contributed by atoms with Crippen LogP contribution in [0, 0.1) is 0 Å². The number of nitrogens with zero attached hydrogens (tertiary/aromatic N) is 2. The molecule has 6 nitrogen and oxygen atoms in total. The van der Waals surface area contributed by atoms with Crippen molar-refractivity contribution in [3.63, 3.8) is 0 Å². The Labute approximate surface area is 175 Å². The lowest BCUT2D eigenvalue weighted by Gasteiger charge is -2.20. The fraction of sp³-hybridized carbons (Fsp3) is 0.250. The van der Waals surface area contributed by atoms with E-state index in [9.17, 15) is 9.59 Å². The summed E-state index contributed by atoms with van der Waals surface area (Å²) in [6.45, 7) is 0.832. The number of likely N-dealkylation sites (N-methyl/N-ethyl adjacent to an activating group) is 1. The highest BCUT2D eigenvalue weighted by atomic mass is 16.5. The van der Waals surface area contributed by atoms with Gasteiger partial charge in [-0.2, -0.15) is 0 Å². The molecule has 2 aromatic carbocycles. The van der Waals surface area contributed by atoms with Crippen LogP contribution in [0.25, 0.3) is 0 Å². The second-order valence-electron chi connectivity index (χ2n) is 7.35. The van der Waals surface area contributed by atoms with Crippen molar-refractivity contribution in [1.29, 1.82) is 0 Å². The summed E-state index contributed by atoms with van der Waals surface area (Å²) < 4.78 is 10.9. The monoisotopic (exact) mass is 404 g/mol. The number of para-hydroxylation sites is 2. The number of ether oxygens (including phenoxy) is 1. The van der Waals surface area contributed by atoms with Crippen LogP contribution in [-0.2, 0) is 24.2 Å². The highest BCUT2D eigenvalue weighted by Crippen LogP contribution is 2.30. The summed E-state index contributed by atoms with van der Waals surface area (Å²) in [5, 5.41) is 0. The van der Waals surface area contributed by atoms with Gasteiger partial charge in [0.25, 0.3) is 5.91 Å². The number of rotatable bonds is 7. The molecule has 154 valence electrons. The van der Waals surface area contributed by atoms with Crippen molar-refractivity contribution in [2.75, 3.05) is 25.6 Å². The summed E-state index contributed by atoms with van der Waals surface area (Å²) in [5.41, 5.74) is 3.65. The lowest BCUT2D eigenvalue weighted by Crippen LogP contribution is -2.31. The summed E-state index contributed by atoms with van der Waals surface area (Å²) in [7, 11) is 3.39. The van der Waals surface area contributed by atoms with Crippen molar-refractivity contribution in [3.8, 4) is 5.75 Å². The second kappa shape index (κ2) is 8.45. The topological polar surface area (TPSA) is 63.0 Å². The molecule has 1 aliphatic rings. The number of hydrogen-bond donors (Lipinski definition) is 0. The molecule has 0 bridgehead atoms. The summed E-state index contributed by atoms with van der Waals surface area (Å²) in [6.07, 6.45) is 2.56. The predicted octanol–water partition coefficient (Wildman–Crippen LogP) is 3.69. The molecule has 0 N–H and O–H groups in total. The molecule has 0 unspecified atom stereocenters. The van der Waals surface area contributed by atoms with Crippen LogP contribution in [0.2, 0.25) is 0 Å². The van der Waals surface area contributed by atoms with Crippen LogP contribution in [0.15, 0.2) is 65.3 Å². The van der Waals surface area contributed by atoms with Crippen molar-refractivity contribution in [2.45, 2.75) is 19.4 Å². The van der Waals surface area contributed by atoms with Crippen molar-refractivity contribution in [2.24, 2.45) is 0 Å². The van der Waals surface area contributed by atoms with E-state index in [-0.39, 0.29) is 17.6 Å². The van der Waals surface area contributed by atoms with Gasteiger partial charge in [-0.05, 0) is 35.7 Å². The van der Waals surface area contributed by atoms with Crippen molar-refractivity contribution < 1.29 is 18.7 Å². The molecule has 30 heavy (non-hydrogen) atoms. The Bertz CT molecular complexity index is 1070. The third kappa shape index (κ3) is 3.81. The molecule has 0 fully saturated rings. The highest BCUT2D eigenvalue weighted by molar-refractivity contribution is 6.01. The Morgan fingerprint density at radius 1 is 1.10 bits per heavy atom. The first-order valence-corrected chi connectivity index (χ1v) is 9.90. The summed E-state index contributed by atoms with van der Waals surface area (Å²) >= 11 is 0. The Balaban J connectivity index is 1.46. The molecule has 1 aromatic heterocycles. The number of amides is 2. The molecule has 0 spiro atoms. The van der Waals surface area contributed by atoms with E-state index in [1.807, 2.05) is 48.5 Å². The molecule has 0 radical (unpaired) electrons. The van der Waals surface area contributed by atoms with Gasteiger partial charge in [0.2, 0.25) is 5.91 Å². The minimum atomic E-state index is -0.204. The van der Waals surface area contributed by atoms with Crippen molar-refractivity contribution >= 4 is 17.5 Å². The molecular formula is C24H24N2O4. The Kier molecular flexibility index (Phi) is 5.57. The third-order valence-electron chi connectivity index (χ3n) is 5.45. The first-order chi connectivity index (χ1) is 14.6. The van der Waals surface area contributed by atoms with E-state index in [1.54, 1.807) is 30.0 Å². The molecule has 0 aliphatic carbocycles. The number of hydrogen-bond acceptors (Lipinski definition) is 4. The maximum absolute atomic E-state index is 13.0. The van der Waals surface area contributed by atoms with Gasteiger partial charge in [0.1, 0.15) is 5.75 Å². The number of methoxy groups -OCH3 is 1. The number of anilines is 1. The largest absolute Gasteiger partial charge is 0.496 e. The van der Waals surface area contributed by atoms with Crippen molar-refractivity contribution in [3.05, 3.63) is 83.3 Å². The first-order valence-electron chi connectivity index (χ1n) is 9.90. The fourth-order valence-electron chi connectivity index (χ4n) is 3.78. The van der Waals surface area contributed by atoms with E-state index in [0.717, 1.165) is 22.6 Å². The lowest BCUT2D eigenvalue weighted by molar-refractivity contribution is -0.117. The maximum Gasteiger partial charge on any atom is 0.289 e.